The zero-order valence-corrected chi connectivity index (χ0v) is 29.5. The molecule has 4 atom stereocenters. The summed E-state index contributed by atoms with van der Waals surface area (Å²) in [5, 5.41) is 24.3. The van der Waals surface area contributed by atoms with Crippen molar-refractivity contribution in [1.29, 1.82) is 0 Å². The molecule has 2 aromatic carbocycles. The SMILES string of the molecule is COc1cc(C2c3cc4c(cc3C(NC(=O)CCCNCCCCNCCCCNCCCCN)C3COC(=O)C23)OCO4)cc(OC)c1O. The van der Waals surface area contributed by atoms with Crippen molar-refractivity contribution < 1.29 is 38.4 Å². The number of amides is 1. The van der Waals surface area contributed by atoms with Crippen molar-refractivity contribution >= 4 is 11.9 Å². The fourth-order valence-electron chi connectivity index (χ4n) is 7.23. The van der Waals surface area contributed by atoms with Crippen molar-refractivity contribution in [3.8, 4) is 28.7 Å². The molecule has 7 N–H and O–H groups in total. The highest BCUT2D eigenvalue weighted by molar-refractivity contribution is 5.81. The van der Waals surface area contributed by atoms with Crippen LogP contribution in [0, 0.1) is 11.8 Å². The van der Waals surface area contributed by atoms with E-state index in [1.165, 1.54) is 27.1 Å². The Morgan fingerprint density at radius 2 is 1.34 bits per heavy atom. The molecule has 2 aromatic rings. The number of carbonyl (C=O) groups excluding carboxylic acids is 2. The van der Waals surface area contributed by atoms with E-state index in [1.54, 1.807) is 12.1 Å². The number of hydrogen-bond acceptors (Lipinski definition) is 12. The lowest BCUT2D eigenvalue weighted by molar-refractivity contribution is -0.141. The van der Waals surface area contributed by atoms with Crippen molar-refractivity contribution in [2.45, 2.75) is 63.3 Å². The number of hydrogen-bond donors (Lipinski definition) is 6. The standard InChI is InChI=1S/C37H55N5O8/c1-46-30-18-24(19-31(47-2)36(30)44)33-25-20-28-29(50-23-49-28)21-26(25)35(27-22-48-37(45)34(27)33)42-32(43)10-9-17-41-16-8-7-15-40-14-6-5-13-39-12-4-3-11-38/h18-21,27,33-35,39-41,44H,3-17,22-23,38H2,1-2H3,(H,42,43). The molecular formula is C37H55N5O8. The van der Waals surface area contributed by atoms with E-state index in [9.17, 15) is 14.7 Å². The smallest absolute Gasteiger partial charge is 0.310 e. The first-order valence-electron chi connectivity index (χ1n) is 18.1. The highest BCUT2D eigenvalue weighted by Crippen LogP contribution is 2.55. The number of fused-ring (bicyclic) bond motifs is 3. The lowest BCUT2D eigenvalue weighted by Crippen LogP contribution is -2.42. The molecule has 1 saturated heterocycles. The quantitative estimate of drug-likeness (QED) is 0.0785. The number of carbonyl (C=O) groups is 2. The number of phenolic OH excluding ortho intramolecular Hbond substituents is 1. The number of benzene rings is 2. The monoisotopic (exact) mass is 697 g/mol. The molecule has 0 bridgehead atoms. The lowest BCUT2D eigenvalue weighted by Gasteiger charge is -2.39. The second-order valence-corrected chi connectivity index (χ2v) is 13.2. The topological polar surface area (TPSA) is 175 Å². The van der Waals surface area contributed by atoms with Crippen molar-refractivity contribution in [1.82, 2.24) is 21.3 Å². The van der Waals surface area contributed by atoms with Crippen LogP contribution in [0.3, 0.4) is 0 Å². The fourth-order valence-corrected chi connectivity index (χ4v) is 7.23. The third-order valence-electron chi connectivity index (χ3n) is 9.84. The Bertz CT molecular complexity index is 1400. The minimum Gasteiger partial charge on any atom is -0.502 e. The average Bonchev–Trinajstić information content (AvgIpc) is 3.75. The molecule has 1 fully saturated rings. The van der Waals surface area contributed by atoms with Gasteiger partial charge in [-0.3, -0.25) is 9.59 Å². The molecule has 1 amide bonds. The van der Waals surface area contributed by atoms with E-state index < -0.39 is 17.9 Å². The molecule has 13 nitrogen and oxygen atoms in total. The first-order valence-corrected chi connectivity index (χ1v) is 18.1. The Morgan fingerprint density at radius 3 is 1.90 bits per heavy atom. The maximum Gasteiger partial charge on any atom is 0.310 e. The minimum absolute atomic E-state index is 0.0834. The number of esters is 1. The van der Waals surface area contributed by atoms with Gasteiger partial charge >= 0.3 is 5.97 Å². The summed E-state index contributed by atoms with van der Waals surface area (Å²) in [6, 6.07) is 6.77. The van der Waals surface area contributed by atoms with Crippen molar-refractivity contribution in [2.75, 3.05) is 73.4 Å². The number of nitrogens with two attached hydrogens (primary N) is 1. The molecule has 0 radical (unpaired) electrons. The molecular weight excluding hydrogens is 642 g/mol. The first-order chi connectivity index (χ1) is 24.5. The molecule has 5 rings (SSSR count). The summed E-state index contributed by atoms with van der Waals surface area (Å²) in [4.78, 5) is 26.7. The van der Waals surface area contributed by atoms with Gasteiger partial charge in [0.2, 0.25) is 18.4 Å². The van der Waals surface area contributed by atoms with Crippen molar-refractivity contribution in [2.24, 2.45) is 17.6 Å². The van der Waals surface area contributed by atoms with E-state index in [-0.39, 0.29) is 48.4 Å². The number of nitrogens with one attached hydrogen (secondary N) is 4. The van der Waals surface area contributed by atoms with Crippen LogP contribution in [0.2, 0.25) is 0 Å². The summed E-state index contributed by atoms with van der Waals surface area (Å²) in [5.74, 6) is -0.286. The number of rotatable bonds is 22. The molecule has 276 valence electrons. The van der Waals surface area contributed by atoms with E-state index in [4.69, 9.17) is 29.4 Å². The van der Waals surface area contributed by atoms with Gasteiger partial charge in [0.1, 0.15) is 0 Å². The second-order valence-electron chi connectivity index (χ2n) is 13.2. The van der Waals surface area contributed by atoms with Gasteiger partial charge in [-0.1, -0.05) is 0 Å². The summed E-state index contributed by atoms with van der Waals surface area (Å²) < 4.78 is 28.0. The maximum absolute atomic E-state index is 13.4. The van der Waals surface area contributed by atoms with Crippen LogP contribution >= 0.6 is 0 Å². The van der Waals surface area contributed by atoms with Crippen LogP contribution in [-0.2, 0) is 14.3 Å². The van der Waals surface area contributed by atoms with Crippen LogP contribution in [0.25, 0.3) is 0 Å². The van der Waals surface area contributed by atoms with Gasteiger partial charge in [-0.05, 0) is 132 Å². The lowest BCUT2D eigenvalue weighted by atomic mass is 9.65. The predicted molar refractivity (Wildman–Crippen MR) is 189 cm³/mol. The van der Waals surface area contributed by atoms with Crippen LogP contribution in [0.4, 0.5) is 0 Å². The van der Waals surface area contributed by atoms with Crippen LogP contribution in [0.5, 0.6) is 28.7 Å². The summed E-state index contributed by atoms with van der Waals surface area (Å²) in [7, 11) is 2.93. The van der Waals surface area contributed by atoms with Crippen LogP contribution in [0.1, 0.15) is 80.0 Å². The van der Waals surface area contributed by atoms with Crippen LogP contribution in [0.15, 0.2) is 24.3 Å². The van der Waals surface area contributed by atoms with Crippen LogP contribution in [-0.4, -0.2) is 90.4 Å². The zero-order chi connectivity index (χ0) is 35.3. The van der Waals surface area contributed by atoms with Gasteiger partial charge in [-0.25, -0.2) is 0 Å². The Morgan fingerprint density at radius 1 is 0.800 bits per heavy atom. The van der Waals surface area contributed by atoms with Gasteiger partial charge < -0.3 is 55.8 Å². The second kappa shape index (κ2) is 19.0. The van der Waals surface area contributed by atoms with Gasteiger partial charge in [-0.15, -0.1) is 0 Å². The number of cyclic esters (lactones) is 1. The van der Waals surface area contributed by atoms with Crippen molar-refractivity contribution in [3.05, 3.63) is 41.0 Å². The normalized spacial score (nSPS) is 20.3. The van der Waals surface area contributed by atoms with E-state index in [0.29, 0.717) is 24.3 Å². The largest absolute Gasteiger partial charge is 0.502 e. The van der Waals surface area contributed by atoms with E-state index in [2.05, 4.69) is 21.3 Å². The summed E-state index contributed by atoms with van der Waals surface area (Å²) >= 11 is 0. The predicted octanol–water partition coefficient (Wildman–Crippen LogP) is 3.08. The maximum atomic E-state index is 13.4. The molecule has 0 saturated carbocycles. The molecule has 13 heteroatoms. The molecule has 0 aromatic heterocycles. The van der Waals surface area contributed by atoms with Gasteiger partial charge in [-0.2, -0.15) is 0 Å². The number of aromatic hydroxyl groups is 1. The van der Waals surface area contributed by atoms with Gasteiger partial charge in [0.25, 0.3) is 0 Å². The summed E-state index contributed by atoms with van der Waals surface area (Å²) in [5.41, 5.74) is 7.90. The molecule has 1 aliphatic carbocycles. The zero-order valence-electron chi connectivity index (χ0n) is 29.5. The number of ether oxygens (including phenoxy) is 5. The number of phenols is 1. The van der Waals surface area contributed by atoms with E-state index in [0.717, 1.165) is 88.2 Å². The average molecular weight is 698 g/mol. The Hall–Kier alpha value is -3.78. The molecule has 3 aliphatic rings. The number of methoxy groups -OCH3 is 2. The molecule has 2 heterocycles. The van der Waals surface area contributed by atoms with Crippen LogP contribution < -0.4 is 45.9 Å². The molecule has 0 spiro atoms. The molecule has 2 aliphatic heterocycles. The molecule has 4 unspecified atom stereocenters. The minimum atomic E-state index is -0.586. The molecule has 50 heavy (non-hydrogen) atoms. The fraction of sp³-hybridized carbons (Fsp3) is 0.622. The first kappa shape index (κ1) is 37.5. The Balaban J connectivity index is 1.11. The third kappa shape index (κ3) is 9.30. The third-order valence-corrected chi connectivity index (χ3v) is 9.84. The number of unbranched alkanes of at least 4 members (excludes halogenated alkanes) is 3. The highest BCUT2D eigenvalue weighted by atomic mass is 16.7. The van der Waals surface area contributed by atoms with Crippen molar-refractivity contribution in [3.63, 3.8) is 0 Å². The summed E-state index contributed by atoms with van der Waals surface area (Å²) in [6.07, 6.45) is 7.84. The Kier molecular flexibility index (Phi) is 14.2. The Labute approximate surface area is 295 Å². The van der Waals surface area contributed by atoms with E-state index in [1.807, 2.05) is 12.1 Å². The highest BCUT2D eigenvalue weighted by Gasteiger charge is 2.53. The van der Waals surface area contributed by atoms with Gasteiger partial charge in [0.05, 0.1) is 32.8 Å². The van der Waals surface area contributed by atoms with E-state index >= 15 is 0 Å². The summed E-state index contributed by atoms with van der Waals surface area (Å²) in [6.45, 7) is 6.88. The van der Waals surface area contributed by atoms with Gasteiger partial charge in [0.15, 0.2) is 23.0 Å². The van der Waals surface area contributed by atoms with Gasteiger partial charge in [0, 0.05) is 18.3 Å².